The SMILES string of the molecule is C[C@H](O)C1=NC23SC=CC2=NC=CC3N1[C@H]1CC[C@H](CC#N)OC1. The standard InChI is InChI=1S/C17H20N4O2S/c1-11(22)16-20-17-14(6-9-24-17)19-8-5-15(17)21(16)12-2-3-13(4-7-18)23-10-12/h5-6,8-9,11-13,15,22H,2-4,10H2,1H3/t11-,12-,13+,15?,17?/m0/s1. The number of thioether (sulfide) groups is 1. The molecular weight excluding hydrogens is 324 g/mol. The fraction of sp³-hybridized carbons (Fsp3) is 0.588. The first-order valence-electron chi connectivity index (χ1n) is 8.29. The van der Waals surface area contributed by atoms with E-state index < -0.39 is 11.0 Å². The van der Waals surface area contributed by atoms with Gasteiger partial charge in [-0.25, -0.2) is 4.99 Å². The molecule has 24 heavy (non-hydrogen) atoms. The molecule has 1 saturated heterocycles. The molecule has 0 aromatic heterocycles. The Balaban J connectivity index is 1.62. The first kappa shape index (κ1) is 15.9. The summed E-state index contributed by atoms with van der Waals surface area (Å²) in [6.07, 6.45) is 7.53. The van der Waals surface area contributed by atoms with Crippen LogP contribution in [0.4, 0.5) is 0 Å². The summed E-state index contributed by atoms with van der Waals surface area (Å²) in [6, 6.07) is 2.38. The van der Waals surface area contributed by atoms with Gasteiger partial charge in [0.15, 0.2) is 4.87 Å². The van der Waals surface area contributed by atoms with Crippen LogP contribution in [0.15, 0.2) is 33.7 Å². The quantitative estimate of drug-likeness (QED) is 0.845. The monoisotopic (exact) mass is 344 g/mol. The zero-order valence-electron chi connectivity index (χ0n) is 13.5. The average molecular weight is 344 g/mol. The molecule has 126 valence electrons. The molecule has 0 amide bonds. The highest BCUT2D eigenvalue weighted by Crippen LogP contribution is 2.48. The molecule has 4 heterocycles. The second-order valence-corrected chi connectivity index (χ2v) is 7.65. The van der Waals surface area contributed by atoms with Crippen molar-refractivity contribution >= 4 is 23.3 Å². The number of aliphatic hydroxyl groups is 1. The Labute approximate surface area is 145 Å². The molecule has 0 saturated carbocycles. The molecule has 0 aromatic rings. The highest BCUT2D eigenvalue weighted by atomic mass is 32.2. The molecule has 0 bridgehead atoms. The van der Waals surface area contributed by atoms with Gasteiger partial charge in [-0.2, -0.15) is 5.26 Å². The van der Waals surface area contributed by atoms with E-state index in [9.17, 15) is 5.11 Å². The number of ether oxygens (including phenoxy) is 1. The van der Waals surface area contributed by atoms with Gasteiger partial charge in [0.2, 0.25) is 0 Å². The maximum Gasteiger partial charge on any atom is 0.177 e. The van der Waals surface area contributed by atoms with Crippen molar-refractivity contribution < 1.29 is 9.84 Å². The van der Waals surface area contributed by atoms with E-state index in [1.807, 2.05) is 17.7 Å². The van der Waals surface area contributed by atoms with Crippen molar-refractivity contribution in [1.82, 2.24) is 4.90 Å². The number of nitrogens with zero attached hydrogens (tertiary/aromatic N) is 4. The summed E-state index contributed by atoms with van der Waals surface area (Å²) in [4.78, 5) is 11.2. The first-order valence-corrected chi connectivity index (χ1v) is 9.17. The molecule has 4 aliphatic rings. The van der Waals surface area contributed by atoms with Crippen molar-refractivity contribution in [2.24, 2.45) is 9.98 Å². The topological polar surface area (TPSA) is 81.2 Å². The Morgan fingerprint density at radius 3 is 3.17 bits per heavy atom. The fourth-order valence-electron chi connectivity index (χ4n) is 3.87. The van der Waals surface area contributed by atoms with Gasteiger partial charge in [0.25, 0.3) is 0 Å². The first-order chi connectivity index (χ1) is 11.7. The zero-order valence-corrected chi connectivity index (χ0v) is 14.3. The fourth-order valence-corrected chi connectivity index (χ4v) is 5.00. The average Bonchev–Trinajstić information content (AvgIpc) is 3.14. The van der Waals surface area contributed by atoms with E-state index in [1.165, 1.54) is 0 Å². The Morgan fingerprint density at radius 2 is 2.46 bits per heavy atom. The van der Waals surface area contributed by atoms with Gasteiger partial charge in [0, 0.05) is 6.20 Å². The number of aliphatic hydroxyl groups excluding tert-OH is 1. The molecule has 1 fully saturated rings. The summed E-state index contributed by atoms with van der Waals surface area (Å²) < 4.78 is 5.88. The molecule has 7 heteroatoms. The van der Waals surface area contributed by atoms with E-state index in [0.717, 1.165) is 18.6 Å². The summed E-state index contributed by atoms with van der Waals surface area (Å²) in [5.41, 5.74) is 0.944. The van der Waals surface area contributed by atoms with Crippen molar-refractivity contribution in [3.05, 3.63) is 23.8 Å². The van der Waals surface area contributed by atoms with Gasteiger partial charge in [-0.05, 0) is 37.3 Å². The summed E-state index contributed by atoms with van der Waals surface area (Å²) in [5.74, 6) is 0.711. The highest BCUT2D eigenvalue weighted by Gasteiger charge is 2.55. The van der Waals surface area contributed by atoms with E-state index >= 15 is 0 Å². The van der Waals surface area contributed by atoms with Gasteiger partial charge < -0.3 is 14.7 Å². The van der Waals surface area contributed by atoms with Crippen LogP contribution < -0.4 is 0 Å². The summed E-state index contributed by atoms with van der Waals surface area (Å²) >= 11 is 1.66. The van der Waals surface area contributed by atoms with E-state index in [0.29, 0.717) is 18.9 Å². The lowest BCUT2D eigenvalue weighted by atomic mass is 9.96. The van der Waals surface area contributed by atoms with Crippen molar-refractivity contribution in [2.75, 3.05) is 6.61 Å². The van der Waals surface area contributed by atoms with Crippen LogP contribution in [0.5, 0.6) is 0 Å². The largest absolute Gasteiger partial charge is 0.385 e. The van der Waals surface area contributed by atoms with Crippen LogP contribution in [0.2, 0.25) is 0 Å². The minimum absolute atomic E-state index is 0.0243. The number of amidine groups is 1. The van der Waals surface area contributed by atoms with Crippen LogP contribution in [0.25, 0.3) is 0 Å². The van der Waals surface area contributed by atoms with E-state index in [-0.39, 0.29) is 18.2 Å². The molecule has 0 radical (unpaired) electrons. The second kappa shape index (κ2) is 6.03. The third-order valence-electron chi connectivity index (χ3n) is 5.00. The Morgan fingerprint density at radius 1 is 1.58 bits per heavy atom. The van der Waals surface area contributed by atoms with Crippen molar-refractivity contribution in [2.45, 2.75) is 55.3 Å². The molecule has 1 N–H and O–H groups in total. The lowest BCUT2D eigenvalue weighted by Crippen LogP contribution is -2.55. The number of rotatable bonds is 3. The molecule has 5 atom stereocenters. The van der Waals surface area contributed by atoms with Crippen LogP contribution in [-0.2, 0) is 4.74 Å². The third kappa shape index (κ3) is 2.32. The van der Waals surface area contributed by atoms with Crippen LogP contribution in [0, 0.1) is 11.3 Å². The molecule has 0 aliphatic carbocycles. The number of aliphatic imine (C=N–C) groups is 2. The molecule has 4 rings (SSSR count). The predicted molar refractivity (Wildman–Crippen MR) is 93.8 cm³/mol. The summed E-state index contributed by atoms with van der Waals surface area (Å²) in [7, 11) is 0. The third-order valence-corrected chi connectivity index (χ3v) is 6.17. The Kier molecular flexibility index (Phi) is 3.99. The van der Waals surface area contributed by atoms with E-state index in [1.54, 1.807) is 18.7 Å². The predicted octanol–water partition coefficient (Wildman–Crippen LogP) is 1.84. The normalized spacial score (nSPS) is 38.2. The van der Waals surface area contributed by atoms with Gasteiger partial charge in [0.05, 0.1) is 43.0 Å². The molecule has 1 spiro atoms. The van der Waals surface area contributed by atoms with Crippen LogP contribution in [-0.4, -0.2) is 57.3 Å². The molecule has 2 unspecified atom stereocenters. The maximum absolute atomic E-state index is 10.3. The minimum atomic E-state index is -0.641. The molecule has 4 aliphatic heterocycles. The van der Waals surface area contributed by atoms with Gasteiger partial charge >= 0.3 is 0 Å². The summed E-state index contributed by atoms with van der Waals surface area (Å²) in [6.45, 7) is 2.32. The smallest absolute Gasteiger partial charge is 0.177 e. The zero-order chi connectivity index (χ0) is 16.7. The minimum Gasteiger partial charge on any atom is -0.385 e. The molecular formula is C17H20N4O2S. The van der Waals surface area contributed by atoms with Gasteiger partial charge in [0.1, 0.15) is 11.9 Å². The van der Waals surface area contributed by atoms with Gasteiger partial charge in [-0.15, -0.1) is 0 Å². The Bertz CT molecular complexity index is 685. The van der Waals surface area contributed by atoms with Crippen molar-refractivity contribution in [3.63, 3.8) is 0 Å². The van der Waals surface area contributed by atoms with Gasteiger partial charge in [-0.1, -0.05) is 11.8 Å². The lowest BCUT2D eigenvalue weighted by molar-refractivity contribution is -0.0234. The Hall–Kier alpha value is -1.62. The second-order valence-electron chi connectivity index (χ2n) is 6.52. The van der Waals surface area contributed by atoms with Crippen LogP contribution in [0.3, 0.4) is 0 Å². The van der Waals surface area contributed by atoms with Crippen LogP contribution >= 0.6 is 11.8 Å². The lowest BCUT2D eigenvalue weighted by Gasteiger charge is -2.42. The highest BCUT2D eigenvalue weighted by molar-refractivity contribution is 8.04. The number of hydrogen-bond donors (Lipinski definition) is 1. The van der Waals surface area contributed by atoms with E-state index in [4.69, 9.17) is 15.0 Å². The number of hydrogen-bond acceptors (Lipinski definition) is 7. The van der Waals surface area contributed by atoms with Crippen molar-refractivity contribution in [1.29, 1.82) is 5.26 Å². The van der Waals surface area contributed by atoms with Crippen LogP contribution in [0.1, 0.15) is 26.2 Å². The number of nitriles is 1. The summed E-state index contributed by atoms with van der Waals surface area (Å²) in [5, 5.41) is 21.2. The van der Waals surface area contributed by atoms with Gasteiger partial charge in [-0.3, -0.25) is 4.99 Å². The molecule has 6 nitrogen and oxygen atoms in total. The van der Waals surface area contributed by atoms with Crippen molar-refractivity contribution in [3.8, 4) is 6.07 Å². The van der Waals surface area contributed by atoms with E-state index in [2.05, 4.69) is 22.0 Å². The maximum atomic E-state index is 10.3. The molecule has 0 aromatic carbocycles.